The molecule has 0 saturated heterocycles. The molecule has 2 aromatic carbocycles. The maximum atomic E-state index is 13.8. The molecule has 0 spiro atoms. The van der Waals surface area contributed by atoms with Crippen molar-refractivity contribution >= 4 is 21.1 Å². The third-order valence-electron chi connectivity index (χ3n) is 3.83. The van der Waals surface area contributed by atoms with Crippen LogP contribution in [0.2, 0.25) is 0 Å². The van der Waals surface area contributed by atoms with Crippen LogP contribution in [0.3, 0.4) is 0 Å². The fourth-order valence-corrected chi connectivity index (χ4v) is 3.74. The van der Waals surface area contributed by atoms with Crippen molar-refractivity contribution in [2.24, 2.45) is 7.05 Å². The summed E-state index contributed by atoms with van der Waals surface area (Å²) < 4.78 is 60.3. The molecule has 1 unspecified atom stereocenters. The second-order valence-electron chi connectivity index (χ2n) is 5.57. The highest BCUT2D eigenvalue weighted by Crippen LogP contribution is 2.22. The molecule has 1 heterocycles. The van der Waals surface area contributed by atoms with Crippen LogP contribution in [0.4, 0.5) is 8.78 Å². The Morgan fingerprint density at radius 3 is 2.56 bits per heavy atom. The van der Waals surface area contributed by atoms with E-state index in [4.69, 9.17) is 4.42 Å². The molecule has 0 fully saturated rings. The molecular weight excluding hydrogens is 354 g/mol. The van der Waals surface area contributed by atoms with Gasteiger partial charge in [0, 0.05) is 30.8 Å². The summed E-state index contributed by atoms with van der Waals surface area (Å²) in [7, 11) is -2.51. The molecule has 3 aromatic rings. The minimum Gasteiger partial charge on any atom is -0.408 e. The normalized spacial score (nSPS) is 13.3. The van der Waals surface area contributed by atoms with Crippen LogP contribution in [-0.4, -0.2) is 13.0 Å². The number of halogens is 2. The Balaban J connectivity index is 1.94. The monoisotopic (exact) mass is 368 g/mol. The first-order valence-electron chi connectivity index (χ1n) is 7.26. The number of rotatable bonds is 4. The van der Waals surface area contributed by atoms with Gasteiger partial charge in [-0.25, -0.2) is 26.7 Å². The first-order chi connectivity index (χ1) is 11.7. The third kappa shape index (κ3) is 3.20. The van der Waals surface area contributed by atoms with Crippen LogP contribution in [0.25, 0.3) is 11.1 Å². The Bertz CT molecular complexity index is 1120. The van der Waals surface area contributed by atoms with Crippen LogP contribution in [-0.2, 0) is 17.1 Å². The molecule has 1 N–H and O–H groups in total. The van der Waals surface area contributed by atoms with Gasteiger partial charge in [-0.2, -0.15) is 0 Å². The third-order valence-corrected chi connectivity index (χ3v) is 5.37. The fraction of sp³-hybridized carbons (Fsp3) is 0.188. The Hall–Kier alpha value is -2.52. The summed E-state index contributed by atoms with van der Waals surface area (Å²) in [6, 6.07) is 5.96. The van der Waals surface area contributed by atoms with E-state index in [0.29, 0.717) is 11.6 Å². The largest absolute Gasteiger partial charge is 0.419 e. The molecule has 0 amide bonds. The minimum atomic E-state index is -4.01. The second kappa shape index (κ2) is 6.08. The first-order valence-corrected chi connectivity index (χ1v) is 8.74. The number of nitrogens with one attached hydrogen (secondary N) is 1. The number of aromatic nitrogens is 1. The van der Waals surface area contributed by atoms with Crippen LogP contribution < -0.4 is 10.5 Å². The second-order valence-corrected chi connectivity index (χ2v) is 7.28. The SMILES string of the molecule is CC(NS(=O)(=O)c1ccc2c(c1)oc(=O)n2C)c1ccc(F)cc1F. The topological polar surface area (TPSA) is 81.3 Å². The molecule has 0 bridgehead atoms. The van der Waals surface area contributed by atoms with Crippen LogP contribution in [0.15, 0.2) is 50.5 Å². The van der Waals surface area contributed by atoms with Gasteiger partial charge in [0.1, 0.15) is 11.6 Å². The standard InChI is InChI=1S/C16H14F2N2O4S/c1-9(12-5-3-10(17)7-13(12)18)19-25(22,23)11-4-6-14-15(8-11)24-16(21)20(14)2/h3-9,19H,1-2H3. The van der Waals surface area contributed by atoms with Crippen molar-refractivity contribution in [3.8, 4) is 0 Å². The van der Waals surface area contributed by atoms with Gasteiger partial charge in [-0.15, -0.1) is 0 Å². The van der Waals surface area contributed by atoms with Crippen molar-refractivity contribution in [2.75, 3.05) is 0 Å². The van der Waals surface area contributed by atoms with Crippen molar-refractivity contribution in [3.63, 3.8) is 0 Å². The summed E-state index contributed by atoms with van der Waals surface area (Å²) in [5.74, 6) is -2.21. The number of sulfonamides is 1. The smallest absolute Gasteiger partial charge is 0.408 e. The number of nitrogens with zero attached hydrogens (tertiary/aromatic N) is 1. The summed E-state index contributed by atoms with van der Waals surface area (Å²) >= 11 is 0. The van der Waals surface area contributed by atoms with Crippen molar-refractivity contribution < 1.29 is 21.6 Å². The number of hydrogen-bond donors (Lipinski definition) is 1. The van der Waals surface area contributed by atoms with Gasteiger partial charge in [0.2, 0.25) is 10.0 Å². The molecule has 6 nitrogen and oxygen atoms in total. The zero-order valence-corrected chi connectivity index (χ0v) is 14.1. The average molecular weight is 368 g/mol. The summed E-state index contributed by atoms with van der Waals surface area (Å²) in [6.45, 7) is 1.44. The molecule has 0 aliphatic carbocycles. The molecule has 3 rings (SSSR count). The predicted molar refractivity (Wildman–Crippen MR) is 86.5 cm³/mol. The number of fused-ring (bicyclic) bond motifs is 1. The summed E-state index contributed by atoms with van der Waals surface area (Å²) in [6.07, 6.45) is 0. The Morgan fingerprint density at radius 1 is 1.16 bits per heavy atom. The van der Waals surface area contributed by atoms with Gasteiger partial charge in [0.25, 0.3) is 0 Å². The van der Waals surface area contributed by atoms with Crippen molar-refractivity contribution in [1.29, 1.82) is 0 Å². The molecule has 0 aliphatic heterocycles. The Kier molecular flexibility index (Phi) is 4.21. The Morgan fingerprint density at radius 2 is 1.88 bits per heavy atom. The molecular formula is C16H14F2N2O4S. The first kappa shape index (κ1) is 17.3. The van der Waals surface area contributed by atoms with Gasteiger partial charge < -0.3 is 4.42 Å². The maximum Gasteiger partial charge on any atom is 0.419 e. The molecule has 1 aromatic heterocycles. The summed E-state index contributed by atoms with van der Waals surface area (Å²) in [5, 5.41) is 0. The molecule has 25 heavy (non-hydrogen) atoms. The molecule has 0 radical (unpaired) electrons. The van der Waals surface area contributed by atoms with Crippen molar-refractivity contribution in [2.45, 2.75) is 17.9 Å². The molecule has 0 aliphatic rings. The van der Waals surface area contributed by atoms with E-state index in [0.717, 1.165) is 6.07 Å². The lowest BCUT2D eigenvalue weighted by Gasteiger charge is -2.15. The highest BCUT2D eigenvalue weighted by atomic mass is 32.2. The highest BCUT2D eigenvalue weighted by Gasteiger charge is 2.22. The van der Waals surface area contributed by atoms with Gasteiger partial charge in [-0.3, -0.25) is 4.57 Å². The van der Waals surface area contributed by atoms with E-state index in [1.165, 1.54) is 42.8 Å². The van der Waals surface area contributed by atoms with E-state index in [2.05, 4.69) is 4.72 Å². The fourth-order valence-electron chi connectivity index (χ4n) is 2.50. The van der Waals surface area contributed by atoms with Crippen LogP contribution in [0.5, 0.6) is 0 Å². The lowest BCUT2D eigenvalue weighted by Crippen LogP contribution is -2.27. The van der Waals surface area contributed by atoms with E-state index >= 15 is 0 Å². The zero-order chi connectivity index (χ0) is 18.4. The summed E-state index contributed by atoms with van der Waals surface area (Å²) in [5.41, 5.74) is 0.579. The number of aryl methyl sites for hydroxylation is 1. The Labute approximate surface area is 141 Å². The number of hydrogen-bond acceptors (Lipinski definition) is 4. The average Bonchev–Trinajstić information content (AvgIpc) is 2.81. The van der Waals surface area contributed by atoms with Gasteiger partial charge in [0.15, 0.2) is 5.58 Å². The van der Waals surface area contributed by atoms with E-state index in [1.807, 2.05) is 0 Å². The van der Waals surface area contributed by atoms with Crippen molar-refractivity contribution in [3.05, 3.63) is 64.1 Å². The van der Waals surface area contributed by atoms with E-state index < -0.39 is 33.5 Å². The molecule has 9 heteroatoms. The van der Waals surface area contributed by atoms with E-state index in [1.54, 1.807) is 0 Å². The maximum absolute atomic E-state index is 13.8. The van der Waals surface area contributed by atoms with E-state index in [-0.39, 0.29) is 16.0 Å². The van der Waals surface area contributed by atoms with Crippen molar-refractivity contribution in [1.82, 2.24) is 9.29 Å². The molecule has 1 atom stereocenters. The zero-order valence-electron chi connectivity index (χ0n) is 13.3. The molecule has 0 saturated carbocycles. The molecule has 132 valence electrons. The lowest BCUT2D eigenvalue weighted by molar-refractivity contribution is 0.526. The number of oxazole rings is 1. The van der Waals surface area contributed by atoms with Gasteiger partial charge >= 0.3 is 5.76 Å². The quantitative estimate of drug-likeness (QED) is 0.767. The van der Waals surface area contributed by atoms with E-state index in [9.17, 15) is 22.0 Å². The van der Waals surface area contributed by atoms with Gasteiger partial charge in [-0.05, 0) is 25.1 Å². The predicted octanol–water partition coefficient (Wildman–Crippen LogP) is 2.45. The number of benzene rings is 2. The van der Waals surface area contributed by atoms with Crippen LogP contribution in [0.1, 0.15) is 18.5 Å². The lowest BCUT2D eigenvalue weighted by atomic mass is 10.1. The van der Waals surface area contributed by atoms with Crippen LogP contribution >= 0.6 is 0 Å². The van der Waals surface area contributed by atoms with Gasteiger partial charge in [0.05, 0.1) is 10.4 Å². The van der Waals surface area contributed by atoms with Gasteiger partial charge in [-0.1, -0.05) is 6.07 Å². The minimum absolute atomic E-state index is 0.0114. The summed E-state index contributed by atoms with van der Waals surface area (Å²) in [4.78, 5) is 11.4. The van der Waals surface area contributed by atoms with Crippen LogP contribution in [0, 0.1) is 11.6 Å². The highest BCUT2D eigenvalue weighted by molar-refractivity contribution is 7.89.